The van der Waals surface area contributed by atoms with Crippen LogP contribution in [0.2, 0.25) is 0 Å². The topological polar surface area (TPSA) is 29.1 Å². The van der Waals surface area contributed by atoms with Crippen molar-refractivity contribution in [3.8, 4) is 0 Å². The van der Waals surface area contributed by atoms with E-state index in [2.05, 4.69) is 5.32 Å². The molecule has 0 atom stereocenters. The van der Waals surface area contributed by atoms with E-state index in [-0.39, 0.29) is 18.3 Å². The van der Waals surface area contributed by atoms with Crippen LogP contribution in [0.1, 0.15) is 17.5 Å². The van der Waals surface area contributed by atoms with Gasteiger partial charge in [0.1, 0.15) is 5.82 Å². The van der Waals surface area contributed by atoms with E-state index in [1.54, 1.807) is 18.2 Å². The third-order valence-electron chi connectivity index (χ3n) is 2.92. The highest BCUT2D eigenvalue weighted by molar-refractivity contribution is 5.76. The van der Waals surface area contributed by atoms with Gasteiger partial charge in [0.2, 0.25) is 5.91 Å². The summed E-state index contributed by atoms with van der Waals surface area (Å²) in [5, 5.41) is 2.73. The summed E-state index contributed by atoms with van der Waals surface area (Å²) < 4.78 is 13.3. The van der Waals surface area contributed by atoms with Gasteiger partial charge in [-0.1, -0.05) is 48.5 Å². The molecule has 2 rings (SSSR count). The van der Waals surface area contributed by atoms with Gasteiger partial charge in [0.15, 0.2) is 0 Å². The molecule has 19 heavy (non-hydrogen) atoms. The number of aryl methyl sites for hydroxylation is 1. The van der Waals surface area contributed by atoms with Gasteiger partial charge in [-0.3, -0.25) is 4.79 Å². The molecule has 0 bridgehead atoms. The fraction of sp³-hybridized carbons (Fsp3) is 0.188. The first-order valence-corrected chi connectivity index (χ1v) is 6.30. The van der Waals surface area contributed by atoms with Gasteiger partial charge in [-0.15, -0.1) is 0 Å². The van der Waals surface area contributed by atoms with E-state index in [0.29, 0.717) is 18.4 Å². The second-order valence-corrected chi connectivity index (χ2v) is 4.35. The predicted octanol–water partition coefficient (Wildman–Crippen LogP) is 3.07. The number of amides is 1. The summed E-state index contributed by atoms with van der Waals surface area (Å²) in [6, 6.07) is 16.3. The molecule has 2 nitrogen and oxygen atoms in total. The van der Waals surface area contributed by atoms with Gasteiger partial charge < -0.3 is 5.32 Å². The van der Waals surface area contributed by atoms with Crippen LogP contribution in [-0.4, -0.2) is 5.91 Å². The summed E-state index contributed by atoms with van der Waals surface area (Å²) >= 11 is 0. The average Bonchev–Trinajstić information content (AvgIpc) is 2.45. The number of rotatable bonds is 5. The molecule has 3 heteroatoms. The van der Waals surface area contributed by atoms with Crippen molar-refractivity contribution in [1.29, 1.82) is 0 Å². The van der Waals surface area contributed by atoms with E-state index < -0.39 is 0 Å². The zero-order valence-corrected chi connectivity index (χ0v) is 10.6. The molecule has 0 saturated heterocycles. The zero-order chi connectivity index (χ0) is 13.5. The Labute approximate surface area is 112 Å². The van der Waals surface area contributed by atoms with Crippen molar-refractivity contribution < 1.29 is 9.18 Å². The molecular weight excluding hydrogens is 241 g/mol. The van der Waals surface area contributed by atoms with Gasteiger partial charge >= 0.3 is 0 Å². The highest BCUT2D eigenvalue weighted by atomic mass is 19.1. The van der Waals surface area contributed by atoms with Crippen LogP contribution in [0.5, 0.6) is 0 Å². The molecule has 0 aliphatic carbocycles. The summed E-state index contributed by atoms with van der Waals surface area (Å²) in [6.07, 6.45) is 1.11. The molecule has 0 radical (unpaired) electrons. The molecule has 1 amide bonds. The Hall–Kier alpha value is -2.16. The van der Waals surface area contributed by atoms with Crippen LogP contribution in [0.15, 0.2) is 54.6 Å². The van der Waals surface area contributed by atoms with Crippen molar-refractivity contribution >= 4 is 5.91 Å². The standard InChI is InChI=1S/C16H16FNO/c17-15-9-5-4-8-14(15)12-18-16(19)11-10-13-6-2-1-3-7-13/h1-9H,10-12H2,(H,18,19). The van der Waals surface area contributed by atoms with Gasteiger partial charge in [-0.05, 0) is 18.1 Å². The zero-order valence-electron chi connectivity index (χ0n) is 10.6. The second-order valence-electron chi connectivity index (χ2n) is 4.35. The Kier molecular flexibility index (Phi) is 4.67. The third kappa shape index (κ3) is 4.21. The highest BCUT2D eigenvalue weighted by Crippen LogP contribution is 2.06. The number of halogens is 1. The average molecular weight is 257 g/mol. The van der Waals surface area contributed by atoms with Crippen LogP contribution in [0.25, 0.3) is 0 Å². The van der Waals surface area contributed by atoms with Crippen molar-refractivity contribution in [2.45, 2.75) is 19.4 Å². The molecule has 0 spiro atoms. The molecule has 2 aromatic carbocycles. The molecular formula is C16H16FNO. The van der Waals surface area contributed by atoms with Gasteiger partial charge in [-0.25, -0.2) is 4.39 Å². The summed E-state index contributed by atoms with van der Waals surface area (Å²) in [5.41, 5.74) is 1.64. The molecule has 1 N–H and O–H groups in total. The Bertz CT molecular complexity index is 539. The first-order valence-electron chi connectivity index (χ1n) is 6.30. The number of carbonyl (C=O) groups is 1. The maximum absolute atomic E-state index is 13.3. The molecule has 0 aliphatic rings. The van der Waals surface area contributed by atoms with E-state index in [1.165, 1.54) is 6.07 Å². The summed E-state index contributed by atoms with van der Waals surface area (Å²) in [4.78, 5) is 11.7. The lowest BCUT2D eigenvalue weighted by Crippen LogP contribution is -2.23. The van der Waals surface area contributed by atoms with Crippen molar-refractivity contribution in [2.24, 2.45) is 0 Å². The Morgan fingerprint density at radius 1 is 1.00 bits per heavy atom. The monoisotopic (exact) mass is 257 g/mol. The van der Waals surface area contributed by atoms with Crippen LogP contribution in [0.4, 0.5) is 4.39 Å². The van der Waals surface area contributed by atoms with Gasteiger partial charge in [-0.2, -0.15) is 0 Å². The molecule has 0 saturated carbocycles. The minimum Gasteiger partial charge on any atom is -0.352 e. The predicted molar refractivity (Wildman–Crippen MR) is 73.0 cm³/mol. The largest absolute Gasteiger partial charge is 0.352 e. The Morgan fingerprint density at radius 2 is 1.68 bits per heavy atom. The van der Waals surface area contributed by atoms with E-state index in [9.17, 15) is 9.18 Å². The van der Waals surface area contributed by atoms with Crippen LogP contribution in [-0.2, 0) is 17.8 Å². The smallest absolute Gasteiger partial charge is 0.220 e. The third-order valence-corrected chi connectivity index (χ3v) is 2.92. The molecule has 0 aliphatic heterocycles. The molecule has 98 valence electrons. The minimum atomic E-state index is -0.286. The minimum absolute atomic E-state index is 0.0629. The van der Waals surface area contributed by atoms with E-state index in [4.69, 9.17) is 0 Å². The van der Waals surface area contributed by atoms with Crippen LogP contribution in [0.3, 0.4) is 0 Å². The van der Waals surface area contributed by atoms with E-state index in [0.717, 1.165) is 5.56 Å². The maximum atomic E-state index is 13.3. The second kappa shape index (κ2) is 6.69. The first kappa shape index (κ1) is 13.3. The Balaban J connectivity index is 1.78. The number of hydrogen-bond donors (Lipinski definition) is 1. The van der Waals surface area contributed by atoms with E-state index >= 15 is 0 Å². The lowest BCUT2D eigenvalue weighted by atomic mass is 10.1. The van der Waals surface area contributed by atoms with Gasteiger partial charge in [0.05, 0.1) is 0 Å². The quantitative estimate of drug-likeness (QED) is 0.876. The van der Waals surface area contributed by atoms with Crippen LogP contribution >= 0.6 is 0 Å². The van der Waals surface area contributed by atoms with E-state index in [1.807, 2.05) is 30.3 Å². The van der Waals surface area contributed by atoms with Crippen LogP contribution < -0.4 is 5.32 Å². The molecule has 0 fully saturated rings. The van der Waals surface area contributed by atoms with Crippen LogP contribution in [0, 0.1) is 5.82 Å². The van der Waals surface area contributed by atoms with Crippen molar-refractivity contribution in [2.75, 3.05) is 0 Å². The van der Waals surface area contributed by atoms with Crippen molar-refractivity contribution in [1.82, 2.24) is 5.32 Å². The molecule has 0 aromatic heterocycles. The fourth-order valence-corrected chi connectivity index (χ4v) is 1.83. The molecule has 2 aromatic rings. The Morgan fingerprint density at radius 3 is 2.42 bits per heavy atom. The lowest BCUT2D eigenvalue weighted by Gasteiger charge is -2.06. The maximum Gasteiger partial charge on any atom is 0.220 e. The molecule has 0 unspecified atom stereocenters. The number of carbonyl (C=O) groups excluding carboxylic acids is 1. The lowest BCUT2D eigenvalue weighted by molar-refractivity contribution is -0.121. The van der Waals surface area contributed by atoms with Gasteiger partial charge in [0, 0.05) is 18.5 Å². The van der Waals surface area contributed by atoms with Crippen molar-refractivity contribution in [3.05, 3.63) is 71.5 Å². The number of nitrogens with one attached hydrogen (secondary N) is 1. The molecule has 0 heterocycles. The fourth-order valence-electron chi connectivity index (χ4n) is 1.83. The summed E-state index contributed by atoms with van der Waals surface area (Å²) in [5.74, 6) is -0.349. The number of benzene rings is 2. The SMILES string of the molecule is O=C(CCc1ccccc1)NCc1ccccc1F. The first-order chi connectivity index (χ1) is 9.25. The van der Waals surface area contributed by atoms with Gasteiger partial charge in [0.25, 0.3) is 0 Å². The summed E-state index contributed by atoms with van der Waals surface area (Å²) in [6.45, 7) is 0.236. The van der Waals surface area contributed by atoms with Crippen molar-refractivity contribution in [3.63, 3.8) is 0 Å². The normalized spacial score (nSPS) is 10.2. The summed E-state index contributed by atoms with van der Waals surface area (Å²) in [7, 11) is 0. The number of hydrogen-bond acceptors (Lipinski definition) is 1. The highest BCUT2D eigenvalue weighted by Gasteiger charge is 2.04.